The van der Waals surface area contributed by atoms with Crippen LogP contribution >= 0.6 is 11.6 Å². The van der Waals surface area contributed by atoms with E-state index in [0.717, 1.165) is 0 Å². The Morgan fingerprint density at radius 3 is 2.44 bits per heavy atom. The van der Waals surface area contributed by atoms with E-state index in [9.17, 15) is 31.4 Å². The maximum Gasteiger partial charge on any atom is 0.438 e. The van der Waals surface area contributed by atoms with Crippen LogP contribution < -0.4 is 5.01 Å². The second kappa shape index (κ2) is 6.61. The Hall–Kier alpha value is -1.59. The molecular weight excluding hydrogens is 380 g/mol. The van der Waals surface area contributed by atoms with Crippen molar-refractivity contribution in [2.24, 2.45) is 5.10 Å². The SMILES string of the molecule is COCCC1=NN(c2ncc(C(F)(F)F)cc2Cl)C(O)(C(F)(F)F)C1. The molecule has 5 nitrogen and oxygen atoms in total. The van der Waals surface area contributed by atoms with Crippen LogP contribution in [0.1, 0.15) is 18.4 Å². The number of hydrogen-bond donors (Lipinski definition) is 1. The Bertz CT molecular complexity index is 679. The summed E-state index contributed by atoms with van der Waals surface area (Å²) in [7, 11) is 1.33. The van der Waals surface area contributed by atoms with Gasteiger partial charge in [-0.15, -0.1) is 0 Å². The van der Waals surface area contributed by atoms with Gasteiger partial charge >= 0.3 is 12.4 Å². The van der Waals surface area contributed by atoms with Crippen molar-refractivity contribution < 1.29 is 36.2 Å². The number of halogens is 7. The topological polar surface area (TPSA) is 58.0 Å². The predicted molar refractivity (Wildman–Crippen MR) is 76.3 cm³/mol. The molecule has 1 aliphatic rings. The molecule has 0 radical (unpaired) electrons. The summed E-state index contributed by atoms with van der Waals surface area (Å²) in [6.45, 7) is 0.0504. The largest absolute Gasteiger partial charge is 0.438 e. The van der Waals surface area contributed by atoms with E-state index in [1.54, 1.807) is 0 Å². The Balaban J connectivity index is 2.47. The lowest BCUT2D eigenvalue weighted by Crippen LogP contribution is -2.55. The standard InChI is InChI=1S/C13H12ClF6N3O2/c1-25-3-2-8-5-11(24,13(18,19)20)23(22-8)10-9(14)4-7(6-21-10)12(15,16)17/h4,6,24H,2-3,5H2,1H3. The number of anilines is 1. The van der Waals surface area contributed by atoms with E-state index < -0.39 is 40.9 Å². The third-order valence-electron chi connectivity index (χ3n) is 3.44. The Labute approximate surface area is 142 Å². The van der Waals surface area contributed by atoms with Gasteiger partial charge < -0.3 is 9.84 Å². The van der Waals surface area contributed by atoms with Crippen molar-refractivity contribution in [1.82, 2.24) is 4.98 Å². The van der Waals surface area contributed by atoms with Gasteiger partial charge in [0, 0.05) is 31.9 Å². The van der Waals surface area contributed by atoms with Crippen molar-refractivity contribution in [2.45, 2.75) is 30.9 Å². The molecular formula is C13H12ClF6N3O2. The van der Waals surface area contributed by atoms with E-state index in [0.29, 0.717) is 12.3 Å². The first-order chi connectivity index (χ1) is 11.4. The highest BCUT2D eigenvalue weighted by Gasteiger charge is 2.62. The molecule has 0 saturated heterocycles. The number of ether oxygens (including phenoxy) is 1. The number of methoxy groups -OCH3 is 1. The Morgan fingerprint density at radius 1 is 1.32 bits per heavy atom. The summed E-state index contributed by atoms with van der Waals surface area (Å²) in [6.07, 6.45) is -10.5. The lowest BCUT2D eigenvalue weighted by molar-refractivity contribution is -0.254. The molecule has 0 amide bonds. The molecule has 0 aliphatic carbocycles. The lowest BCUT2D eigenvalue weighted by Gasteiger charge is -2.33. The predicted octanol–water partition coefficient (Wildman–Crippen LogP) is 3.61. The zero-order valence-electron chi connectivity index (χ0n) is 12.6. The van der Waals surface area contributed by atoms with Gasteiger partial charge in [-0.25, -0.2) is 9.99 Å². The van der Waals surface area contributed by atoms with E-state index >= 15 is 0 Å². The van der Waals surface area contributed by atoms with Crippen LogP contribution in [-0.2, 0) is 10.9 Å². The molecule has 2 rings (SSSR count). The summed E-state index contributed by atoms with van der Waals surface area (Å²) < 4.78 is 82.6. The third-order valence-corrected chi connectivity index (χ3v) is 3.72. The minimum atomic E-state index is -5.15. The molecule has 25 heavy (non-hydrogen) atoms. The molecule has 0 spiro atoms. The fourth-order valence-electron chi connectivity index (χ4n) is 2.16. The van der Waals surface area contributed by atoms with Crippen molar-refractivity contribution in [3.8, 4) is 0 Å². The Kier molecular flexibility index (Phi) is 5.22. The van der Waals surface area contributed by atoms with Crippen molar-refractivity contribution in [2.75, 3.05) is 18.7 Å². The first-order valence-electron chi connectivity index (χ1n) is 6.77. The average molecular weight is 392 g/mol. The highest BCUT2D eigenvalue weighted by Crippen LogP contribution is 2.45. The van der Waals surface area contributed by atoms with Crippen LogP contribution in [0.25, 0.3) is 0 Å². The molecule has 1 aliphatic heterocycles. The van der Waals surface area contributed by atoms with Crippen LogP contribution in [0.2, 0.25) is 5.02 Å². The van der Waals surface area contributed by atoms with Gasteiger partial charge in [0.05, 0.1) is 17.2 Å². The van der Waals surface area contributed by atoms with Gasteiger partial charge in [-0.1, -0.05) is 11.6 Å². The summed E-state index contributed by atoms with van der Waals surface area (Å²) in [5, 5.41) is 13.1. The molecule has 1 atom stereocenters. The minimum Gasteiger partial charge on any atom is -0.384 e. The molecule has 1 aromatic rings. The van der Waals surface area contributed by atoms with Gasteiger partial charge in [-0.3, -0.25) is 0 Å². The second-order valence-electron chi connectivity index (χ2n) is 5.24. The van der Waals surface area contributed by atoms with Crippen LogP contribution in [0.5, 0.6) is 0 Å². The van der Waals surface area contributed by atoms with Crippen molar-refractivity contribution >= 4 is 23.1 Å². The quantitative estimate of drug-likeness (QED) is 0.797. The molecule has 2 heterocycles. The van der Waals surface area contributed by atoms with E-state index in [1.165, 1.54) is 7.11 Å². The highest BCUT2D eigenvalue weighted by molar-refractivity contribution is 6.33. The van der Waals surface area contributed by atoms with Crippen molar-refractivity contribution in [3.63, 3.8) is 0 Å². The minimum absolute atomic E-state index is 0.0103. The van der Waals surface area contributed by atoms with Gasteiger partial charge in [0.2, 0.25) is 0 Å². The van der Waals surface area contributed by atoms with Gasteiger partial charge in [-0.2, -0.15) is 31.4 Å². The summed E-state index contributed by atoms with van der Waals surface area (Å²) >= 11 is 5.67. The molecule has 0 aromatic carbocycles. The summed E-state index contributed by atoms with van der Waals surface area (Å²) in [6, 6.07) is 0.420. The van der Waals surface area contributed by atoms with E-state index in [-0.39, 0.29) is 23.7 Å². The van der Waals surface area contributed by atoms with Crippen LogP contribution in [0.4, 0.5) is 32.2 Å². The van der Waals surface area contributed by atoms with Crippen LogP contribution in [0.15, 0.2) is 17.4 Å². The molecule has 1 N–H and O–H groups in total. The third kappa shape index (κ3) is 3.82. The van der Waals surface area contributed by atoms with Crippen molar-refractivity contribution in [1.29, 1.82) is 0 Å². The molecule has 12 heteroatoms. The zero-order valence-corrected chi connectivity index (χ0v) is 13.4. The average Bonchev–Trinajstić information content (AvgIpc) is 2.82. The fraction of sp³-hybridized carbons (Fsp3) is 0.538. The summed E-state index contributed by atoms with van der Waals surface area (Å²) in [5.74, 6) is -0.734. The summed E-state index contributed by atoms with van der Waals surface area (Å²) in [5.41, 5.74) is -4.76. The summed E-state index contributed by atoms with van der Waals surface area (Å²) in [4.78, 5) is 3.33. The first-order valence-corrected chi connectivity index (χ1v) is 7.15. The molecule has 0 bridgehead atoms. The smallest absolute Gasteiger partial charge is 0.384 e. The van der Waals surface area contributed by atoms with Crippen LogP contribution in [-0.4, -0.2) is 41.4 Å². The number of pyridine rings is 1. The van der Waals surface area contributed by atoms with Gasteiger partial charge in [0.15, 0.2) is 5.82 Å². The van der Waals surface area contributed by atoms with Crippen LogP contribution in [0, 0.1) is 0 Å². The number of alkyl halides is 6. The number of aromatic nitrogens is 1. The lowest BCUT2D eigenvalue weighted by atomic mass is 10.0. The number of nitrogens with zero attached hydrogens (tertiary/aromatic N) is 3. The number of hydrazone groups is 1. The Morgan fingerprint density at radius 2 is 1.96 bits per heavy atom. The highest BCUT2D eigenvalue weighted by atomic mass is 35.5. The van der Waals surface area contributed by atoms with Gasteiger partial charge in [-0.05, 0) is 6.07 Å². The normalized spacial score (nSPS) is 21.6. The first kappa shape index (κ1) is 19.7. The number of aliphatic hydroxyl groups is 1. The maximum absolute atomic E-state index is 13.3. The van der Waals surface area contributed by atoms with Crippen LogP contribution in [0.3, 0.4) is 0 Å². The van der Waals surface area contributed by atoms with E-state index in [4.69, 9.17) is 16.3 Å². The molecule has 1 aromatic heterocycles. The van der Waals surface area contributed by atoms with E-state index in [1.807, 2.05) is 0 Å². The molecule has 0 fully saturated rings. The zero-order chi connectivity index (χ0) is 19.0. The molecule has 0 saturated carbocycles. The fourth-order valence-corrected chi connectivity index (χ4v) is 2.41. The maximum atomic E-state index is 13.3. The monoisotopic (exact) mass is 391 g/mol. The van der Waals surface area contributed by atoms with Crippen molar-refractivity contribution in [3.05, 3.63) is 22.8 Å². The number of hydrogen-bond acceptors (Lipinski definition) is 5. The number of rotatable bonds is 4. The second-order valence-corrected chi connectivity index (χ2v) is 5.65. The van der Waals surface area contributed by atoms with Gasteiger partial charge in [0.1, 0.15) is 0 Å². The molecule has 1 unspecified atom stereocenters. The van der Waals surface area contributed by atoms with E-state index in [2.05, 4.69) is 10.1 Å². The molecule has 140 valence electrons. The van der Waals surface area contributed by atoms with Gasteiger partial charge in [0.25, 0.3) is 5.72 Å².